The number of halogens is 2. The number of hydrogen-bond acceptors (Lipinski definition) is 3. The van der Waals surface area contributed by atoms with E-state index >= 15 is 0 Å². The van der Waals surface area contributed by atoms with Crippen LogP contribution in [0.25, 0.3) is 0 Å². The third-order valence-corrected chi connectivity index (χ3v) is 3.49. The number of rotatable bonds is 5. The average molecular weight is 309 g/mol. The van der Waals surface area contributed by atoms with E-state index < -0.39 is 4.92 Å². The number of nitrogens with zero attached hydrogens (tertiary/aromatic N) is 1. The summed E-state index contributed by atoms with van der Waals surface area (Å²) in [6.07, 6.45) is 0. The fraction of sp³-hybridized carbons (Fsp3) is 0.200. The summed E-state index contributed by atoms with van der Waals surface area (Å²) < 4.78 is 13.2. The third-order valence-electron chi connectivity index (χ3n) is 3.17. The van der Waals surface area contributed by atoms with Crippen LogP contribution in [0.4, 0.5) is 10.1 Å². The molecule has 0 bridgehead atoms. The number of nitro groups is 1. The van der Waals surface area contributed by atoms with Gasteiger partial charge in [-0.2, -0.15) is 0 Å². The molecule has 0 fully saturated rings. The van der Waals surface area contributed by atoms with Crippen LogP contribution in [0.3, 0.4) is 0 Å². The SMILES string of the molecule is CC(NCc1ccc(Cl)c([N+](=O)[O-])c1)c1cccc(F)c1. The van der Waals surface area contributed by atoms with Crippen LogP contribution in [0.2, 0.25) is 5.02 Å². The molecule has 0 aliphatic carbocycles. The lowest BCUT2D eigenvalue weighted by molar-refractivity contribution is -0.384. The van der Waals surface area contributed by atoms with Gasteiger partial charge in [0.25, 0.3) is 5.69 Å². The minimum absolute atomic E-state index is 0.0737. The Kier molecular flexibility index (Phi) is 4.88. The van der Waals surface area contributed by atoms with Crippen LogP contribution in [0.15, 0.2) is 42.5 Å². The Hall–Kier alpha value is -1.98. The molecule has 2 rings (SSSR count). The molecular formula is C15H14ClFN2O2. The highest BCUT2D eigenvalue weighted by Crippen LogP contribution is 2.25. The van der Waals surface area contributed by atoms with Crippen molar-refractivity contribution in [1.29, 1.82) is 0 Å². The van der Waals surface area contributed by atoms with E-state index in [4.69, 9.17) is 11.6 Å². The zero-order valence-electron chi connectivity index (χ0n) is 11.3. The van der Waals surface area contributed by atoms with Crippen molar-refractivity contribution in [2.75, 3.05) is 0 Å². The van der Waals surface area contributed by atoms with Gasteiger partial charge >= 0.3 is 0 Å². The van der Waals surface area contributed by atoms with Gasteiger partial charge < -0.3 is 5.32 Å². The summed E-state index contributed by atoms with van der Waals surface area (Å²) in [4.78, 5) is 10.3. The van der Waals surface area contributed by atoms with Crippen molar-refractivity contribution < 1.29 is 9.31 Å². The van der Waals surface area contributed by atoms with Crippen molar-refractivity contribution in [2.45, 2.75) is 19.5 Å². The average Bonchev–Trinajstić information content (AvgIpc) is 2.45. The molecule has 2 aromatic rings. The second-order valence-electron chi connectivity index (χ2n) is 4.70. The second kappa shape index (κ2) is 6.65. The number of hydrogen-bond donors (Lipinski definition) is 1. The molecule has 110 valence electrons. The molecule has 1 unspecified atom stereocenters. The summed E-state index contributed by atoms with van der Waals surface area (Å²) in [5, 5.41) is 14.1. The normalized spacial score (nSPS) is 12.1. The molecule has 0 heterocycles. The molecule has 0 spiro atoms. The van der Waals surface area contributed by atoms with E-state index in [0.29, 0.717) is 6.54 Å². The lowest BCUT2D eigenvalue weighted by Gasteiger charge is -2.14. The van der Waals surface area contributed by atoms with Crippen molar-refractivity contribution in [3.8, 4) is 0 Å². The first-order chi connectivity index (χ1) is 9.97. The number of nitrogens with one attached hydrogen (secondary N) is 1. The Morgan fingerprint density at radius 2 is 2.10 bits per heavy atom. The van der Waals surface area contributed by atoms with E-state index in [9.17, 15) is 14.5 Å². The molecule has 0 aliphatic heterocycles. The quantitative estimate of drug-likeness (QED) is 0.664. The molecule has 0 aromatic heterocycles. The largest absolute Gasteiger partial charge is 0.306 e. The van der Waals surface area contributed by atoms with Gasteiger partial charge in [0, 0.05) is 18.7 Å². The Morgan fingerprint density at radius 3 is 2.76 bits per heavy atom. The summed E-state index contributed by atoms with van der Waals surface area (Å²) in [5.74, 6) is -0.289. The van der Waals surface area contributed by atoms with Gasteiger partial charge in [-0.3, -0.25) is 10.1 Å². The lowest BCUT2D eigenvalue weighted by Crippen LogP contribution is -2.18. The van der Waals surface area contributed by atoms with Crippen LogP contribution >= 0.6 is 11.6 Å². The molecule has 0 amide bonds. The van der Waals surface area contributed by atoms with Crippen molar-refractivity contribution in [3.05, 3.63) is 74.5 Å². The zero-order chi connectivity index (χ0) is 15.4. The maximum atomic E-state index is 13.2. The van der Waals surface area contributed by atoms with Gasteiger partial charge in [-0.25, -0.2) is 4.39 Å². The van der Waals surface area contributed by atoms with Gasteiger partial charge in [-0.15, -0.1) is 0 Å². The van der Waals surface area contributed by atoms with Crippen LogP contribution in [-0.2, 0) is 6.54 Å². The maximum Gasteiger partial charge on any atom is 0.288 e. The first kappa shape index (κ1) is 15.4. The fourth-order valence-electron chi connectivity index (χ4n) is 1.97. The molecule has 2 aromatic carbocycles. The van der Waals surface area contributed by atoms with E-state index in [1.165, 1.54) is 24.3 Å². The van der Waals surface area contributed by atoms with Gasteiger partial charge in [-0.1, -0.05) is 29.8 Å². The third kappa shape index (κ3) is 4.00. The van der Waals surface area contributed by atoms with E-state index in [0.717, 1.165) is 11.1 Å². The minimum Gasteiger partial charge on any atom is -0.306 e. The number of benzene rings is 2. The molecule has 6 heteroatoms. The summed E-state index contributed by atoms with van der Waals surface area (Å²) in [6.45, 7) is 2.33. The Bertz CT molecular complexity index is 664. The van der Waals surface area contributed by atoms with E-state index in [1.54, 1.807) is 12.1 Å². The van der Waals surface area contributed by atoms with Crippen molar-refractivity contribution in [1.82, 2.24) is 5.32 Å². The van der Waals surface area contributed by atoms with Crippen LogP contribution in [0.5, 0.6) is 0 Å². The molecule has 0 saturated heterocycles. The van der Waals surface area contributed by atoms with Crippen molar-refractivity contribution in [3.63, 3.8) is 0 Å². The highest BCUT2D eigenvalue weighted by atomic mass is 35.5. The summed E-state index contributed by atoms with van der Waals surface area (Å²) in [7, 11) is 0. The predicted molar refractivity (Wildman–Crippen MR) is 79.8 cm³/mol. The molecule has 0 saturated carbocycles. The van der Waals surface area contributed by atoms with Crippen LogP contribution < -0.4 is 5.32 Å². The Balaban J connectivity index is 2.06. The first-order valence-electron chi connectivity index (χ1n) is 6.39. The molecule has 4 nitrogen and oxygen atoms in total. The van der Waals surface area contributed by atoms with Gasteiger partial charge in [-0.05, 0) is 36.2 Å². The molecule has 21 heavy (non-hydrogen) atoms. The Morgan fingerprint density at radius 1 is 1.33 bits per heavy atom. The first-order valence-corrected chi connectivity index (χ1v) is 6.77. The topological polar surface area (TPSA) is 55.2 Å². The van der Waals surface area contributed by atoms with E-state index in [1.807, 2.05) is 13.0 Å². The van der Waals surface area contributed by atoms with Crippen molar-refractivity contribution >= 4 is 17.3 Å². The standard InChI is InChI=1S/C15H14ClFN2O2/c1-10(12-3-2-4-13(17)8-12)18-9-11-5-6-14(16)15(7-11)19(20)21/h2-8,10,18H,9H2,1H3. The molecule has 1 atom stereocenters. The van der Waals surface area contributed by atoms with Crippen molar-refractivity contribution in [2.24, 2.45) is 0 Å². The lowest BCUT2D eigenvalue weighted by atomic mass is 10.1. The highest BCUT2D eigenvalue weighted by molar-refractivity contribution is 6.32. The molecule has 0 aliphatic rings. The highest BCUT2D eigenvalue weighted by Gasteiger charge is 2.13. The van der Waals surface area contributed by atoms with E-state index in [-0.39, 0.29) is 22.6 Å². The van der Waals surface area contributed by atoms with Crippen LogP contribution in [0, 0.1) is 15.9 Å². The zero-order valence-corrected chi connectivity index (χ0v) is 12.1. The monoisotopic (exact) mass is 308 g/mol. The summed E-state index contributed by atoms with van der Waals surface area (Å²) >= 11 is 5.76. The Labute approximate surface area is 126 Å². The van der Waals surface area contributed by atoms with Gasteiger partial charge in [0.05, 0.1) is 4.92 Å². The van der Waals surface area contributed by atoms with Gasteiger partial charge in [0.2, 0.25) is 0 Å². The minimum atomic E-state index is -0.512. The summed E-state index contributed by atoms with van der Waals surface area (Å²) in [5.41, 5.74) is 1.45. The fourth-order valence-corrected chi connectivity index (χ4v) is 2.16. The maximum absolute atomic E-state index is 13.2. The van der Waals surface area contributed by atoms with E-state index in [2.05, 4.69) is 5.32 Å². The second-order valence-corrected chi connectivity index (χ2v) is 5.11. The number of nitro benzene ring substituents is 1. The predicted octanol–water partition coefficient (Wildman–Crippen LogP) is 4.24. The van der Waals surface area contributed by atoms with Crippen LogP contribution in [0.1, 0.15) is 24.1 Å². The molecule has 0 radical (unpaired) electrons. The van der Waals surface area contributed by atoms with Gasteiger partial charge in [0.1, 0.15) is 10.8 Å². The smallest absolute Gasteiger partial charge is 0.288 e. The summed E-state index contributed by atoms with van der Waals surface area (Å²) in [6, 6.07) is 10.9. The molecular weight excluding hydrogens is 295 g/mol. The van der Waals surface area contributed by atoms with Crippen LogP contribution in [-0.4, -0.2) is 4.92 Å². The molecule has 1 N–H and O–H groups in total. The van der Waals surface area contributed by atoms with Gasteiger partial charge in [0.15, 0.2) is 0 Å².